The quantitative estimate of drug-likeness (QED) is 0.250. The van der Waals surface area contributed by atoms with Crippen LogP contribution >= 0.6 is 0 Å². The summed E-state index contributed by atoms with van der Waals surface area (Å²) in [5, 5.41) is 14.0. The molecule has 3 aromatic heterocycles. The highest BCUT2D eigenvalue weighted by Gasteiger charge is 2.30. The second kappa shape index (κ2) is 11.4. The monoisotopic (exact) mass is 571 g/mol. The molecule has 0 radical (unpaired) electrons. The Morgan fingerprint density at radius 3 is 2.50 bits per heavy atom. The summed E-state index contributed by atoms with van der Waals surface area (Å²) in [6, 6.07) is 10.6. The zero-order valence-electron chi connectivity index (χ0n) is 24.9. The first-order valence-corrected chi connectivity index (χ1v) is 14.9. The summed E-state index contributed by atoms with van der Waals surface area (Å²) < 4.78 is 7.66. The van der Waals surface area contributed by atoms with E-state index in [9.17, 15) is 4.79 Å². The smallest absolute Gasteiger partial charge is 0.324 e. The van der Waals surface area contributed by atoms with Crippen molar-refractivity contribution in [2.45, 2.75) is 76.9 Å². The molecule has 1 atom stereocenters. The van der Waals surface area contributed by atoms with E-state index in [1.54, 1.807) is 12.4 Å². The summed E-state index contributed by atoms with van der Waals surface area (Å²) >= 11 is 0. The Hall–Kier alpha value is -3.96. The van der Waals surface area contributed by atoms with E-state index in [-0.39, 0.29) is 5.41 Å². The maximum Gasteiger partial charge on any atom is 0.324 e. The second-order valence-corrected chi connectivity index (χ2v) is 12.7. The summed E-state index contributed by atoms with van der Waals surface area (Å²) in [4.78, 5) is 24.2. The number of carbonyl (C=O) groups is 1. The van der Waals surface area contributed by atoms with Gasteiger partial charge in [0.05, 0.1) is 5.39 Å². The van der Waals surface area contributed by atoms with Crippen molar-refractivity contribution in [1.82, 2.24) is 29.9 Å². The molecule has 5 N–H and O–H groups in total. The third kappa shape index (κ3) is 5.84. The number of carbonyl (C=O) groups excluding carboxylic acids is 1. The highest BCUT2D eigenvalue weighted by Crippen LogP contribution is 2.39. The number of nitrogens with two attached hydrogens (primary N) is 1. The van der Waals surface area contributed by atoms with Gasteiger partial charge in [0, 0.05) is 66.7 Å². The van der Waals surface area contributed by atoms with Gasteiger partial charge in [-0.1, -0.05) is 38.1 Å². The average Bonchev–Trinajstić information content (AvgIpc) is 3.60. The lowest BCUT2D eigenvalue weighted by atomic mass is 9.89. The molecule has 1 aromatic carbocycles. The molecule has 0 unspecified atom stereocenters. The van der Waals surface area contributed by atoms with Crippen molar-refractivity contribution in [2.75, 3.05) is 36.0 Å². The highest BCUT2D eigenvalue weighted by atomic mass is 16.5. The van der Waals surface area contributed by atoms with Gasteiger partial charge in [-0.05, 0) is 50.3 Å². The lowest BCUT2D eigenvalue weighted by molar-refractivity contribution is 0.107. The molecule has 2 amide bonds. The first kappa shape index (κ1) is 28.2. The Kier molecular flexibility index (Phi) is 7.63. The van der Waals surface area contributed by atoms with Gasteiger partial charge in [-0.3, -0.25) is 10.2 Å². The standard InChI is InChI=1S/C31H41N9O2/c1-19-16-39(14-13-33-19)22-9-11-23(12-10-22)40-17-24(27-28(32)34-18-35-29(27)40)20-5-7-21(8-6-20)36-30(41)37-26-15-25(42-38-26)31(2,3)4/h5-8,15,17-19,22-23,33H,9-14,16H2,1-4H3,(H2,32,34,35)(H2,36,37,38,41)/t19-,22?,23?/m0/s1. The van der Waals surface area contributed by atoms with E-state index in [0.717, 1.165) is 54.6 Å². The molecule has 1 aliphatic carbocycles. The van der Waals surface area contributed by atoms with Crippen LogP contribution in [0.2, 0.25) is 0 Å². The molecular weight excluding hydrogens is 530 g/mol. The molecule has 4 heterocycles. The van der Waals surface area contributed by atoms with E-state index < -0.39 is 6.03 Å². The molecule has 1 saturated carbocycles. The number of fused-ring (bicyclic) bond motifs is 1. The fourth-order valence-electron chi connectivity index (χ4n) is 6.30. The van der Waals surface area contributed by atoms with Crippen molar-refractivity contribution >= 4 is 34.4 Å². The first-order chi connectivity index (χ1) is 20.2. The van der Waals surface area contributed by atoms with Gasteiger partial charge in [0.2, 0.25) is 0 Å². The van der Waals surface area contributed by atoms with Crippen molar-refractivity contribution in [1.29, 1.82) is 0 Å². The third-order valence-electron chi connectivity index (χ3n) is 8.56. The molecular formula is C31H41N9O2. The zero-order valence-corrected chi connectivity index (χ0v) is 24.9. The van der Waals surface area contributed by atoms with Gasteiger partial charge in [0.15, 0.2) is 5.82 Å². The van der Waals surface area contributed by atoms with Crippen LogP contribution < -0.4 is 21.7 Å². The van der Waals surface area contributed by atoms with E-state index in [1.807, 2.05) is 45.0 Å². The lowest BCUT2D eigenvalue weighted by Gasteiger charge is -2.41. The van der Waals surface area contributed by atoms with Crippen LogP contribution in [-0.2, 0) is 5.41 Å². The van der Waals surface area contributed by atoms with Crippen LogP contribution in [0.1, 0.15) is 65.2 Å². The SMILES string of the molecule is C[C@H]1CN(C2CCC(n3cc(-c4ccc(NC(=O)Nc5cc(C(C)(C)C)on5)cc4)c4c(N)ncnc43)CC2)CCN1. The maximum atomic E-state index is 12.6. The fraction of sp³-hybridized carbons (Fsp3) is 0.484. The summed E-state index contributed by atoms with van der Waals surface area (Å²) in [5.41, 5.74) is 9.73. The molecule has 1 saturated heterocycles. The van der Waals surface area contributed by atoms with E-state index in [0.29, 0.717) is 41.2 Å². The predicted octanol–water partition coefficient (Wildman–Crippen LogP) is 5.39. The number of benzene rings is 1. The number of piperazine rings is 1. The van der Waals surface area contributed by atoms with Crippen molar-refractivity contribution in [3.8, 4) is 11.1 Å². The predicted molar refractivity (Wildman–Crippen MR) is 166 cm³/mol. The third-order valence-corrected chi connectivity index (χ3v) is 8.56. The van der Waals surface area contributed by atoms with Gasteiger partial charge in [0.25, 0.3) is 0 Å². The average molecular weight is 572 g/mol. The number of nitrogens with one attached hydrogen (secondary N) is 3. The van der Waals surface area contributed by atoms with Gasteiger partial charge >= 0.3 is 6.03 Å². The van der Waals surface area contributed by atoms with Gasteiger partial charge in [-0.25, -0.2) is 14.8 Å². The van der Waals surface area contributed by atoms with Crippen LogP contribution in [-0.4, -0.2) is 62.3 Å². The lowest BCUT2D eigenvalue weighted by Crippen LogP contribution is -2.53. The number of nitrogen functional groups attached to an aromatic ring is 1. The number of rotatable bonds is 5. The molecule has 42 heavy (non-hydrogen) atoms. The molecule has 6 rings (SSSR count). The number of nitrogens with zero attached hydrogens (tertiary/aromatic N) is 5. The van der Waals surface area contributed by atoms with Crippen molar-refractivity contribution in [2.24, 2.45) is 0 Å². The minimum atomic E-state index is -0.392. The van der Waals surface area contributed by atoms with Crippen LogP contribution in [0.15, 0.2) is 47.4 Å². The van der Waals surface area contributed by atoms with Gasteiger partial charge < -0.3 is 25.5 Å². The number of hydrogen-bond acceptors (Lipinski definition) is 8. The normalized spacial score (nSPS) is 21.9. The Labute approximate surface area is 246 Å². The summed E-state index contributed by atoms with van der Waals surface area (Å²) in [6.07, 6.45) is 8.31. The molecule has 2 aliphatic rings. The van der Waals surface area contributed by atoms with Gasteiger partial charge in [-0.2, -0.15) is 0 Å². The molecule has 222 valence electrons. The van der Waals surface area contributed by atoms with Crippen LogP contribution in [0.5, 0.6) is 0 Å². The van der Waals surface area contributed by atoms with Crippen molar-refractivity contribution < 1.29 is 9.32 Å². The van der Waals surface area contributed by atoms with Crippen molar-refractivity contribution in [3.63, 3.8) is 0 Å². The van der Waals surface area contributed by atoms with Crippen LogP contribution in [0.3, 0.4) is 0 Å². The Morgan fingerprint density at radius 2 is 1.81 bits per heavy atom. The summed E-state index contributed by atoms with van der Waals surface area (Å²) in [6.45, 7) is 11.7. The molecule has 1 aliphatic heterocycles. The van der Waals surface area contributed by atoms with Gasteiger partial charge in [0.1, 0.15) is 23.6 Å². The van der Waals surface area contributed by atoms with Crippen LogP contribution in [0.25, 0.3) is 22.2 Å². The number of hydrogen-bond donors (Lipinski definition) is 4. The zero-order chi connectivity index (χ0) is 29.4. The largest absolute Gasteiger partial charge is 0.383 e. The number of aromatic nitrogens is 4. The van der Waals surface area contributed by atoms with Gasteiger partial charge in [-0.15, -0.1) is 0 Å². The van der Waals surface area contributed by atoms with E-state index in [4.69, 9.17) is 10.3 Å². The van der Waals surface area contributed by atoms with E-state index in [1.165, 1.54) is 12.8 Å². The van der Waals surface area contributed by atoms with Crippen molar-refractivity contribution in [3.05, 3.63) is 48.6 Å². The number of amides is 2. The first-order valence-electron chi connectivity index (χ1n) is 14.9. The molecule has 0 bridgehead atoms. The van der Waals surface area contributed by atoms with E-state index >= 15 is 0 Å². The van der Waals surface area contributed by atoms with Crippen LogP contribution in [0.4, 0.5) is 22.1 Å². The molecule has 4 aromatic rings. The highest BCUT2D eigenvalue weighted by molar-refractivity contribution is 6.02. The minimum Gasteiger partial charge on any atom is -0.383 e. The maximum absolute atomic E-state index is 12.6. The fourth-order valence-corrected chi connectivity index (χ4v) is 6.30. The molecule has 0 spiro atoms. The molecule has 2 fully saturated rings. The molecule has 11 heteroatoms. The van der Waals surface area contributed by atoms with Crippen LogP contribution in [0, 0.1) is 0 Å². The second-order valence-electron chi connectivity index (χ2n) is 12.7. The molecule has 11 nitrogen and oxygen atoms in total. The Bertz CT molecular complexity index is 1540. The summed E-state index contributed by atoms with van der Waals surface area (Å²) in [7, 11) is 0. The Morgan fingerprint density at radius 1 is 1.07 bits per heavy atom. The minimum absolute atomic E-state index is 0.194. The topological polar surface area (TPSA) is 139 Å². The number of urea groups is 1. The summed E-state index contributed by atoms with van der Waals surface area (Å²) in [5.74, 6) is 1.54. The van der Waals surface area contributed by atoms with E-state index in [2.05, 4.69) is 53.7 Å². The Balaban J connectivity index is 1.16. The number of anilines is 3.